The van der Waals surface area contributed by atoms with E-state index in [0.29, 0.717) is 0 Å². The van der Waals surface area contributed by atoms with Gasteiger partial charge in [0.25, 0.3) is 0 Å². The first-order valence-electron chi connectivity index (χ1n) is 2.73. The maximum atomic E-state index is 7.57. The van der Waals surface area contributed by atoms with Gasteiger partial charge in [0.2, 0.25) is 0 Å². The van der Waals surface area contributed by atoms with Gasteiger partial charge in [0, 0.05) is 33.9 Å². The Hall–Kier alpha value is 0.882. The molecule has 0 unspecified atom stereocenters. The van der Waals surface area contributed by atoms with Crippen molar-refractivity contribution in [2.45, 2.75) is 26.7 Å². The van der Waals surface area contributed by atoms with Crippen LogP contribution in [-0.2, 0) is 27.3 Å². The van der Waals surface area contributed by atoms with Crippen LogP contribution in [0, 0.1) is 6.92 Å². The molecule has 0 rings (SSSR count). The van der Waals surface area contributed by atoms with E-state index in [1.807, 2.05) is 0 Å². The van der Waals surface area contributed by atoms with Crippen molar-refractivity contribution < 1.29 is 32.4 Å². The Balaban J connectivity index is -0.0000000575. The second kappa shape index (κ2) is 24.8. The van der Waals surface area contributed by atoms with Crippen molar-refractivity contribution in [3.05, 3.63) is 6.92 Å². The van der Waals surface area contributed by atoms with E-state index in [-0.39, 0.29) is 33.9 Å². The summed E-state index contributed by atoms with van der Waals surface area (Å²) in [4.78, 5) is 0. The van der Waals surface area contributed by atoms with Crippen molar-refractivity contribution in [2.75, 3.05) is 6.61 Å². The van der Waals surface area contributed by atoms with E-state index in [2.05, 4.69) is 13.8 Å². The predicted octanol–water partition coefficient (Wildman–Crippen LogP) is 1.62. The SMILES string of the molecule is CCO.[CH2-]CCC.[Cd]. The Bertz CT molecular complexity index is 16.0. The summed E-state index contributed by atoms with van der Waals surface area (Å²) < 4.78 is 0. The van der Waals surface area contributed by atoms with Gasteiger partial charge in [0.05, 0.1) is 0 Å². The monoisotopic (exact) mass is 217 g/mol. The molecule has 0 amide bonds. The van der Waals surface area contributed by atoms with Crippen LogP contribution in [-0.4, -0.2) is 11.7 Å². The Morgan fingerprint density at radius 1 is 1.38 bits per heavy atom. The first-order chi connectivity index (χ1) is 3.33. The molecule has 0 atom stereocenters. The number of unbranched alkanes of at least 4 members (excludes halogenated alkanes) is 1. The summed E-state index contributed by atoms with van der Waals surface area (Å²) in [5, 5.41) is 7.57. The molecule has 0 heterocycles. The summed E-state index contributed by atoms with van der Waals surface area (Å²) in [7, 11) is 0. The number of rotatable bonds is 1. The fraction of sp³-hybridized carbons (Fsp3) is 0.833. The van der Waals surface area contributed by atoms with Gasteiger partial charge in [-0.15, -0.1) is 0 Å². The van der Waals surface area contributed by atoms with Gasteiger partial charge in [-0.25, -0.2) is 0 Å². The number of hydrogen-bond donors (Lipinski definition) is 1. The molecule has 48 valence electrons. The average molecular weight is 216 g/mol. The average Bonchev–Trinajstić information content (AvgIpc) is 1.69. The van der Waals surface area contributed by atoms with E-state index in [0.717, 1.165) is 6.42 Å². The third-order valence-corrected chi connectivity index (χ3v) is 0.354. The third kappa shape index (κ3) is 67.2. The Labute approximate surface area is 72.6 Å². The Kier molecular flexibility index (Phi) is 49.4. The quantitative estimate of drug-likeness (QED) is 0.521. The van der Waals surface area contributed by atoms with Crippen LogP contribution in [0.3, 0.4) is 0 Å². The number of aliphatic hydroxyl groups excluding tert-OH is 1. The van der Waals surface area contributed by atoms with Gasteiger partial charge >= 0.3 is 0 Å². The van der Waals surface area contributed by atoms with Crippen molar-refractivity contribution in [2.24, 2.45) is 0 Å². The van der Waals surface area contributed by atoms with Crippen molar-refractivity contribution in [3.8, 4) is 0 Å². The van der Waals surface area contributed by atoms with Gasteiger partial charge in [-0.2, -0.15) is 6.42 Å². The van der Waals surface area contributed by atoms with Crippen molar-refractivity contribution in [1.29, 1.82) is 0 Å². The van der Waals surface area contributed by atoms with E-state index in [4.69, 9.17) is 5.11 Å². The van der Waals surface area contributed by atoms with Crippen LogP contribution in [0.15, 0.2) is 0 Å². The van der Waals surface area contributed by atoms with Crippen LogP contribution in [0.25, 0.3) is 0 Å². The zero-order valence-electron chi connectivity index (χ0n) is 5.98. The third-order valence-electron chi connectivity index (χ3n) is 0.354. The van der Waals surface area contributed by atoms with E-state index < -0.39 is 0 Å². The minimum atomic E-state index is 0. The van der Waals surface area contributed by atoms with Crippen molar-refractivity contribution in [1.82, 2.24) is 0 Å². The Morgan fingerprint density at radius 3 is 1.50 bits per heavy atom. The van der Waals surface area contributed by atoms with Gasteiger partial charge < -0.3 is 12.0 Å². The molecule has 0 aromatic carbocycles. The summed E-state index contributed by atoms with van der Waals surface area (Å²) >= 11 is 0. The molecule has 0 radical (unpaired) electrons. The summed E-state index contributed by atoms with van der Waals surface area (Å²) in [6.07, 6.45) is 2.28. The normalized spacial score (nSPS) is 6.00. The first kappa shape index (κ1) is 15.9. The minimum Gasteiger partial charge on any atom is -0.397 e. The maximum Gasteiger partial charge on any atom is 0.0402 e. The van der Waals surface area contributed by atoms with Crippen LogP contribution in [0.4, 0.5) is 0 Å². The largest absolute Gasteiger partial charge is 0.397 e. The van der Waals surface area contributed by atoms with E-state index >= 15 is 0 Å². The molecule has 0 aromatic rings. The second-order valence-electron chi connectivity index (χ2n) is 1.17. The van der Waals surface area contributed by atoms with Crippen molar-refractivity contribution in [3.63, 3.8) is 0 Å². The summed E-state index contributed by atoms with van der Waals surface area (Å²) in [5.74, 6) is 0. The molecule has 0 aliphatic heterocycles. The van der Waals surface area contributed by atoms with E-state index in [1.165, 1.54) is 6.42 Å². The topological polar surface area (TPSA) is 20.2 Å². The maximum absolute atomic E-state index is 7.57. The smallest absolute Gasteiger partial charge is 0.0402 e. The van der Waals surface area contributed by atoms with Crippen LogP contribution in [0.5, 0.6) is 0 Å². The van der Waals surface area contributed by atoms with Crippen LogP contribution < -0.4 is 0 Å². The summed E-state index contributed by atoms with van der Waals surface area (Å²) in [5.41, 5.74) is 0. The molecule has 0 saturated heterocycles. The molecule has 0 spiro atoms. The molecule has 0 saturated carbocycles. The van der Waals surface area contributed by atoms with Crippen LogP contribution in [0.1, 0.15) is 26.7 Å². The molecular formula is C6H15CdO-. The summed E-state index contributed by atoms with van der Waals surface area (Å²) in [6, 6.07) is 0. The van der Waals surface area contributed by atoms with Gasteiger partial charge in [0.1, 0.15) is 0 Å². The zero-order chi connectivity index (χ0) is 6.12. The summed E-state index contributed by atoms with van der Waals surface area (Å²) in [6.45, 7) is 7.65. The van der Waals surface area contributed by atoms with E-state index in [9.17, 15) is 0 Å². The standard InChI is InChI=1S/C4H9.C2H6O.Cd/c1-3-4-2;1-2-3;/h1,3-4H2,2H3;3H,2H2,1H3;/q-1;;. The molecule has 0 fully saturated rings. The van der Waals surface area contributed by atoms with E-state index in [1.54, 1.807) is 6.92 Å². The molecule has 8 heavy (non-hydrogen) atoms. The fourth-order valence-electron chi connectivity index (χ4n) is 0. The number of hydrogen-bond acceptors (Lipinski definition) is 1. The van der Waals surface area contributed by atoms with Crippen LogP contribution in [0.2, 0.25) is 0 Å². The minimum absolute atomic E-state index is 0. The second-order valence-corrected chi connectivity index (χ2v) is 1.17. The molecule has 0 bridgehead atoms. The molecule has 2 heteroatoms. The fourth-order valence-corrected chi connectivity index (χ4v) is 0. The molecule has 0 aliphatic carbocycles. The zero-order valence-corrected chi connectivity index (χ0v) is 10.0. The molecule has 1 nitrogen and oxygen atoms in total. The van der Waals surface area contributed by atoms with Gasteiger partial charge in [0.15, 0.2) is 0 Å². The van der Waals surface area contributed by atoms with Gasteiger partial charge in [-0.05, 0) is 6.92 Å². The predicted molar refractivity (Wildman–Crippen MR) is 33.0 cm³/mol. The molecule has 1 N–H and O–H groups in total. The Morgan fingerprint density at radius 2 is 1.50 bits per heavy atom. The van der Waals surface area contributed by atoms with Crippen molar-refractivity contribution >= 4 is 0 Å². The first-order valence-corrected chi connectivity index (χ1v) is 2.73. The van der Waals surface area contributed by atoms with Gasteiger partial charge in [-0.3, -0.25) is 0 Å². The molecule has 0 aromatic heterocycles. The molecule has 0 aliphatic rings. The van der Waals surface area contributed by atoms with Crippen LogP contribution >= 0.6 is 0 Å². The number of aliphatic hydroxyl groups is 1. The molecular weight excluding hydrogens is 200 g/mol. The van der Waals surface area contributed by atoms with Gasteiger partial charge in [-0.1, -0.05) is 13.3 Å².